The van der Waals surface area contributed by atoms with Crippen molar-refractivity contribution in [3.63, 3.8) is 0 Å². The number of hydrogen-bond donors (Lipinski definition) is 0. The number of carbonyl (C=O) groups excluding carboxylic acids is 1. The maximum Gasteiger partial charge on any atom is 0.382 e. The van der Waals surface area contributed by atoms with Crippen LogP contribution in [0, 0.1) is 0 Å². The fourth-order valence-electron chi connectivity index (χ4n) is 1.07. The highest BCUT2D eigenvalue weighted by atomic mass is 79.9. The highest BCUT2D eigenvalue weighted by Crippen LogP contribution is 2.39. The zero-order valence-corrected chi connectivity index (χ0v) is 9.22. The van der Waals surface area contributed by atoms with Crippen LogP contribution < -0.4 is 4.74 Å². The second-order valence-electron chi connectivity index (χ2n) is 2.56. The fraction of sp³-hybridized carbons (Fsp3) is 0.222. The van der Waals surface area contributed by atoms with Gasteiger partial charge in [0.15, 0.2) is 0 Å². The Labute approximate surface area is 92.9 Å². The Morgan fingerprint density at radius 2 is 2.20 bits per heavy atom. The molecule has 6 heteroatoms. The van der Waals surface area contributed by atoms with Crippen LogP contribution in [0.2, 0.25) is 0 Å². The molecule has 0 amide bonds. The van der Waals surface area contributed by atoms with Crippen molar-refractivity contribution in [2.24, 2.45) is 4.99 Å². The molecule has 0 fully saturated rings. The van der Waals surface area contributed by atoms with E-state index in [0.717, 1.165) is 12.1 Å². The first-order valence-corrected chi connectivity index (χ1v) is 4.62. The summed E-state index contributed by atoms with van der Waals surface area (Å²) in [6.45, 7) is 0. The van der Waals surface area contributed by atoms with Gasteiger partial charge < -0.3 is 4.74 Å². The van der Waals surface area contributed by atoms with E-state index in [2.05, 4.69) is 20.9 Å². The molecule has 0 N–H and O–H groups in total. The third-order valence-corrected chi connectivity index (χ3v) is 2.31. The molecule has 0 saturated carbocycles. The molecule has 0 heterocycles. The van der Waals surface area contributed by atoms with Crippen molar-refractivity contribution in [1.29, 1.82) is 0 Å². The van der Waals surface area contributed by atoms with E-state index >= 15 is 0 Å². The van der Waals surface area contributed by atoms with Gasteiger partial charge in [-0.3, -0.25) is 0 Å². The molecular weight excluding hydrogens is 272 g/mol. The normalized spacial score (nSPS) is 10.7. The van der Waals surface area contributed by atoms with Crippen molar-refractivity contribution in [1.82, 2.24) is 0 Å². The maximum atomic E-state index is 13.3. The molecule has 0 saturated heterocycles. The van der Waals surface area contributed by atoms with Crippen molar-refractivity contribution in [2.75, 3.05) is 7.11 Å². The van der Waals surface area contributed by atoms with Gasteiger partial charge in [0, 0.05) is 0 Å². The van der Waals surface area contributed by atoms with Gasteiger partial charge in [-0.05, 0) is 28.1 Å². The first-order chi connectivity index (χ1) is 7.03. The average Bonchev–Trinajstić information content (AvgIpc) is 2.17. The number of para-hydroxylation sites is 1. The number of rotatable bonds is 3. The minimum atomic E-state index is -3.63. The van der Waals surface area contributed by atoms with E-state index < -0.39 is 11.6 Å². The Balaban J connectivity index is 3.36. The average molecular weight is 278 g/mol. The van der Waals surface area contributed by atoms with Crippen LogP contribution in [0.3, 0.4) is 0 Å². The van der Waals surface area contributed by atoms with Crippen LogP contribution in [-0.2, 0) is 10.8 Å². The van der Waals surface area contributed by atoms with Gasteiger partial charge in [0.1, 0.15) is 5.75 Å². The minimum absolute atomic E-state index is 0.0542. The third-order valence-electron chi connectivity index (χ3n) is 1.68. The lowest BCUT2D eigenvalue weighted by Gasteiger charge is -2.14. The molecule has 0 bridgehead atoms. The quantitative estimate of drug-likeness (QED) is 0.484. The van der Waals surface area contributed by atoms with E-state index in [1.807, 2.05) is 0 Å². The zero-order valence-electron chi connectivity index (χ0n) is 7.63. The molecule has 15 heavy (non-hydrogen) atoms. The van der Waals surface area contributed by atoms with Gasteiger partial charge in [0.25, 0.3) is 0 Å². The van der Waals surface area contributed by atoms with Crippen LogP contribution in [0.5, 0.6) is 5.75 Å². The zero-order chi connectivity index (χ0) is 11.5. The summed E-state index contributed by atoms with van der Waals surface area (Å²) >= 11 is 3.05. The number of benzene rings is 1. The molecular formula is C9H6BrF2NO2. The van der Waals surface area contributed by atoms with Crippen molar-refractivity contribution in [3.05, 3.63) is 28.2 Å². The number of aliphatic imine (C=N–C) groups is 1. The van der Waals surface area contributed by atoms with Crippen LogP contribution >= 0.6 is 15.9 Å². The summed E-state index contributed by atoms with van der Waals surface area (Å²) in [6, 6.07) is 0.445. The summed E-state index contributed by atoms with van der Waals surface area (Å²) in [5.41, 5.74) is -0.484. The van der Waals surface area contributed by atoms with Crippen molar-refractivity contribution in [3.8, 4) is 5.75 Å². The Morgan fingerprint density at radius 1 is 1.53 bits per heavy atom. The summed E-state index contributed by atoms with van der Waals surface area (Å²) in [4.78, 5) is 12.3. The summed E-state index contributed by atoms with van der Waals surface area (Å²) < 4.78 is 31.7. The van der Waals surface area contributed by atoms with E-state index in [0.29, 0.717) is 4.47 Å². The molecule has 0 aromatic heterocycles. The molecule has 0 atom stereocenters. The lowest BCUT2D eigenvalue weighted by molar-refractivity contribution is 0.00381. The van der Waals surface area contributed by atoms with Gasteiger partial charge in [0.2, 0.25) is 6.08 Å². The van der Waals surface area contributed by atoms with E-state index in [1.165, 1.54) is 13.2 Å². The number of halogens is 3. The first-order valence-electron chi connectivity index (χ1n) is 3.82. The number of nitrogens with zero attached hydrogens (tertiary/aromatic N) is 1. The van der Waals surface area contributed by atoms with E-state index in [-0.39, 0.29) is 5.75 Å². The summed E-state index contributed by atoms with van der Waals surface area (Å²) in [7, 11) is 1.25. The Hall–Kier alpha value is -1.26. The van der Waals surface area contributed by atoms with Crippen molar-refractivity contribution in [2.45, 2.75) is 6.05 Å². The molecule has 0 radical (unpaired) electrons. The monoisotopic (exact) mass is 277 g/mol. The van der Waals surface area contributed by atoms with Gasteiger partial charge in [-0.2, -0.15) is 8.78 Å². The van der Waals surface area contributed by atoms with Crippen LogP contribution in [0.15, 0.2) is 27.7 Å². The van der Waals surface area contributed by atoms with Gasteiger partial charge in [0.05, 0.1) is 17.1 Å². The van der Waals surface area contributed by atoms with E-state index in [1.54, 1.807) is 6.07 Å². The number of ether oxygens (including phenoxy) is 1. The van der Waals surface area contributed by atoms with Crippen molar-refractivity contribution >= 4 is 22.0 Å². The molecule has 0 aliphatic carbocycles. The lowest BCUT2D eigenvalue weighted by Crippen LogP contribution is -2.11. The molecule has 1 aromatic carbocycles. The fourth-order valence-corrected chi connectivity index (χ4v) is 1.60. The predicted octanol–water partition coefficient (Wildman–Crippen LogP) is 2.84. The lowest BCUT2D eigenvalue weighted by atomic mass is 10.1. The standard InChI is InChI=1S/C9H6BrF2NO2/c1-15-8-6(3-2-4-7(8)10)9(11,12)13-5-14/h2-4H,1H3. The molecule has 1 rings (SSSR count). The number of alkyl halides is 2. The van der Waals surface area contributed by atoms with Crippen molar-refractivity contribution < 1.29 is 18.3 Å². The minimum Gasteiger partial charge on any atom is -0.495 e. The molecule has 0 unspecified atom stereocenters. The highest BCUT2D eigenvalue weighted by molar-refractivity contribution is 9.10. The Bertz CT molecular complexity index is 417. The van der Waals surface area contributed by atoms with Crippen LogP contribution in [0.25, 0.3) is 0 Å². The summed E-state index contributed by atoms with van der Waals surface area (Å²) in [5.74, 6) is -0.0542. The van der Waals surface area contributed by atoms with Crippen LogP contribution in [0.4, 0.5) is 8.78 Å². The van der Waals surface area contributed by atoms with Gasteiger partial charge >= 0.3 is 6.05 Å². The largest absolute Gasteiger partial charge is 0.495 e. The SMILES string of the molecule is COc1c(Br)cccc1C(F)(F)N=C=O. The highest BCUT2D eigenvalue weighted by Gasteiger charge is 2.35. The Kier molecular flexibility index (Phi) is 3.55. The Morgan fingerprint density at radius 3 is 2.73 bits per heavy atom. The number of methoxy groups -OCH3 is 1. The van der Waals surface area contributed by atoms with E-state index in [4.69, 9.17) is 4.74 Å². The predicted molar refractivity (Wildman–Crippen MR) is 52.7 cm³/mol. The third kappa shape index (κ3) is 2.40. The van der Waals surface area contributed by atoms with Gasteiger partial charge in [-0.1, -0.05) is 6.07 Å². The molecule has 80 valence electrons. The van der Waals surface area contributed by atoms with Gasteiger partial charge in [-0.15, -0.1) is 4.99 Å². The molecule has 3 nitrogen and oxygen atoms in total. The molecule has 1 aromatic rings. The summed E-state index contributed by atoms with van der Waals surface area (Å²) in [5, 5.41) is 0. The van der Waals surface area contributed by atoms with Crippen LogP contribution in [0.1, 0.15) is 5.56 Å². The maximum absolute atomic E-state index is 13.3. The number of isocyanates is 1. The topological polar surface area (TPSA) is 38.7 Å². The molecule has 0 spiro atoms. The second-order valence-corrected chi connectivity index (χ2v) is 3.42. The molecule has 0 aliphatic heterocycles. The van der Waals surface area contributed by atoms with E-state index in [9.17, 15) is 13.6 Å². The second kappa shape index (κ2) is 4.51. The van der Waals surface area contributed by atoms with Crippen LogP contribution in [-0.4, -0.2) is 13.2 Å². The summed E-state index contributed by atoms with van der Waals surface area (Å²) in [6.07, 6.45) is 0.831. The smallest absolute Gasteiger partial charge is 0.382 e. The molecule has 0 aliphatic rings. The first kappa shape index (κ1) is 11.8. The number of hydrogen-bond acceptors (Lipinski definition) is 3. The van der Waals surface area contributed by atoms with Gasteiger partial charge in [-0.25, -0.2) is 4.79 Å².